The summed E-state index contributed by atoms with van der Waals surface area (Å²) in [7, 11) is 0. The number of carbonyl (C=O) groups is 1. The summed E-state index contributed by atoms with van der Waals surface area (Å²) < 4.78 is 11.9. The molecule has 1 aromatic carbocycles. The van der Waals surface area contributed by atoms with Gasteiger partial charge in [0.15, 0.2) is 0 Å². The molecule has 140 valence electrons. The summed E-state index contributed by atoms with van der Waals surface area (Å²) in [6, 6.07) is 3.98. The molecule has 0 unspecified atom stereocenters. The smallest absolute Gasteiger partial charge is 0.256 e. The van der Waals surface area contributed by atoms with E-state index in [0.717, 1.165) is 54.7 Å². The first-order chi connectivity index (χ1) is 11.9. The minimum atomic E-state index is -0.666. The van der Waals surface area contributed by atoms with Crippen molar-refractivity contribution in [2.45, 2.75) is 84.8 Å². The zero-order chi connectivity index (χ0) is 18.4. The van der Waals surface area contributed by atoms with Gasteiger partial charge in [-0.3, -0.25) is 4.79 Å². The second-order valence-corrected chi connectivity index (χ2v) is 7.22. The minimum Gasteiger partial charge on any atom is -0.490 e. The average molecular weight is 347 g/mol. The fraction of sp³-hybridized carbons (Fsp3) is 0.667. The van der Waals surface area contributed by atoms with E-state index in [1.165, 1.54) is 6.42 Å². The number of aryl methyl sites for hydroxylation is 2. The highest BCUT2D eigenvalue weighted by atomic mass is 16.5. The lowest BCUT2D eigenvalue weighted by atomic mass is 9.83. The summed E-state index contributed by atoms with van der Waals surface area (Å²) >= 11 is 0. The molecule has 0 radical (unpaired) electrons. The van der Waals surface area contributed by atoms with Crippen LogP contribution in [0.15, 0.2) is 12.1 Å². The molecule has 0 heterocycles. The molecular weight excluding hydrogens is 314 g/mol. The second kappa shape index (κ2) is 8.70. The fourth-order valence-electron chi connectivity index (χ4n) is 3.57. The van der Waals surface area contributed by atoms with Crippen molar-refractivity contribution in [1.29, 1.82) is 0 Å². The van der Waals surface area contributed by atoms with Crippen molar-refractivity contribution in [3.05, 3.63) is 23.3 Å². The van der Waals surface area contributed by atoms with Gasteiger partial charge in [0, 0.05) is 12.3 Å². The van der Waals surface area contributed by atoms with E-state index in [9.17, 15) is 4.79 Å². The van der Waals surface area contributed by atoms with E-state index in [1.807, 2.05) is 32.9 Å². The Morgan fingerprint density at radius 3 is 2.28 bits per heavy atom. The predicted octanol–water partition coefficient (Wildman–Crippen LogP) is 5.16. The first-order valence-corrected chi connectivity index (χ1v) is 9.65. The molecule has 1 aliphatic carbocycles. The average Bonchev–Trinajstić information content (AvgIpc) is 2.59. The molecule has 0 aromatic heterocycles. The molecule has 1 amide bonds. The number of amides is 1. The summed E-state index contributed by atoms with van der Waals surface area (Å²) in [5, 5.41) is 3.09. The summed E-state index contributed by atoms with van der Waals surface area (Å²) in [5.74, 6) is 0.910. The molecule has 2 rings (SSSR count). The monoisotopic (exact) mass is 347 g/mol. The van der Waals surface area contributed by atoms with Gasteiger partial charge in [0.05, 0.1) is 6.10 Å². The molecule has 1 aromatic rings. The molecule has 0 bridgehead atoms. The molecule has 4 nitrogen and oxygen atoms in total. The van der Waals surface area contributed by atoms with Gasteiger partial charge in [0.2, 0.25) is 0 Å². The third-order valence-corrected chi connectivity index (χ3v) is 5.11. The van der Waals surface area contributed by atoms with Crippen molar-refractivity contribution in [2.24, 2.45) is 0 Å². The SMILES string of the molecule is CCOC1(C(=O)Nc2cc(C)c(O[C@@H](C)CC)c(C)c2)CCCCC1. The molecule has 1 atom stereocenters. The molecule has 0 saturated heterocycles. The molecule has 1 N–H and O–H groups in total. The number of anilines is 1. The Morgan fingerprint density at radius 1 is 1.16 bits per heavy atom. The van der Waals surface area contributed by atoms with Crippen LogP contribution < -0.4 is 10.1 Å². The molecule has 25 heavy (non-hydrogen) atoms. The topological polar surface area (TPSA) is 47.6 Å². The summed E-state index contributed by atoms with van der Waals surface area (Å²) in [4.78, 5) is 12.9. The van der Waals surface area contributed by atoms with Crippen LogP contribution in [0.1, 0.15) is 70.4 Å². The Kier molecular flexibility index (Phi) is 6.88. The number of nitrogens with one attached hydrogen (secondary N) is 1. The van der Waals surface area contributed by atoms with Crippen LogP contribution in [-0.4, -0.2) is 24.2 Å². The Bertz CT molecular complexity index is 562. The maximum atomic E-state index is 12.9. The number of benzene rings is 1. The number of carbonyl (C=O) groups excluding carboxylic acids is 1. The van der Waals surface area contributed by atoms with Crippen LogP contribution >= 0.6 is 0 Å². The quantitative estimate of drug-likeness (QED) is 0.741. The third kappa shape index (κ3) is 4.75. The highest BCUT2D eigenvalue weighted by Crippen LogP contribution is 2.34. The van der Waals surface area contributed by atoms with Gasteiger partial charge in [0.1, 0.15) is 11.4 Å². The summed E-state index contributed by atoms with van der Waals surface area (Å²) in [6.07, 6.45) is 6.04. The molecule has 4 heteroatoms. The minimum absolute atomic E-state index is 0.0107. The molecule has 0 spiro atoms. The Labute approximate surface area is 152 Å². The van der Waals surface area contributed by atoms with Gasteiger partial charge in [-0.15, -0.1) is 0 Å². The number of hydrogen-bond donors (Lipinski definition) is 1. The van der Waals surface area contributed by atoms with E-state index in [4.69, 9.17) is 9.47 Å². The lowest BCUT2D eigenvalue weighted by Gasteiger charge is -2.35. The predicted molar refractivity (Wildman–Crippen MR) is 102 cm³/mol. The van der Waals surface area contributed by atoms with Crippen LogP contribution in [0.2, 0.25) is 0 Å². The van der Waals surface area contributed by atoms with Crippen molar-refractivity contribution >= 4 is 11.6 Å². The maximum Gasteiger partial charge on any atom is 0.256 e. The van der Waals surface area contributed by atoms with E-state index in [0.29, 0.717) is 6.61 Å². The van der Waals surface area contributed by atoms with Gasteiger partial charge >= 0.3 is 0 Å². The fourth-order valence-corrected chi connectivity index (χ4v) is 3.57. The first-order valence-electron chi connectivity index (χ1n) is 9.65. The van der Waals surface area contributed by atoms with E-state index in [-0.39, 0.29) is 12.0 Å². The molecule has 0 aliphatic heterocycles. The normalized spacial score (nSPS) is 17.8. The highest BCUT2D eigenvalue weighted by Gasteiger charge is 2.40. The van der Waals surface area contributed by atoms with Crippen LogP contribution in [0.3, 0.4) is 0 Å². The molecule has 1 aliphatic rings. The van der Waals surface area contributed by atoms with Crippen molar-refractivity contribution < 1.29 is 14.3 Å². The maximum absolute atomic E-state index is 12.9. The van der Waals surface area contributed by atoms with E-state index in [2.05, 4.69) is 19.2 Å². The first kappa shape index (κ1) is 19.8. The summed E-state index contributed by atoms with van der Waals surface area (Å²) in [6.45, 7) is 10.8. The van der Waals surface area contributed by atoms with E-state index >= 15 is 0 Å². The van der Waals surface area contributed by atoms with Crippen LogP contribution in [0, 0.1) is 13.8 Å². The van der Waals surface area contributed by atoms with Gasteiger partial charge in [-0.25, -0.2) is 0 Å². The highest BCUT2D eigenvalue weighted by molar-refractivity contribution is 5.97. The number of rotatable bonds is 7. The van der Waals surface area contributed by atoms with Crippen LogP contribution in [0.4, 0.5) is 5.69 Å². The van der Waals surface area contributed by atoms with E-state index < -0.39 is 5.60 Å². The van der Waals surface area contributed by atoms with Gasteiger partial charge in [0.25, 0.3) is 5.91 Å². The van der Waals surface area contributed by atoms with E-state index in [1.54, 1.807) is 0 Å². The van der Waals surface area contributed by atoms with Crippen LogP contribution in [0.5, 0.6) is 5.75 Å². The Morgan fingerprint density at radius 2 is 1.76 bits per heavy atom. The van der Waals surface area contributed by atoms with Crippen molar-refractivity contribution in [3.63, 3.8) is 0 Å². The van der Waals surface area contributed by atoms with Gasteiger partial charge in [-0.05, 0) is 70.2 Å². The van der Waals surface area contributed by atoms with Crippen molar-refractivity contribution in [3.8, 4) is 5.75 Å². The summed E-state index contributed by atoms with van der Waals surface area (Å²) in [5.41, 5.74) is 2.25. The lowest BCUT2D eigenvalue weighted by Crippen LogP contribution is -2.47. The Balaban J connectivity index is 2.17. The molecular formula is C21H33NO3. The van der Waals surface area contributed by atoms with Crippen LogP contribution in [-0.2, 0) is 9.53 Å². The van der Waals surface area contributed by atoms with Gasteiger partial charge < -0.3 is 14.8 Å². The zero-order valence-corrected chi connectivity index (χ0v) is 16.4. The van der Waals surface area contributed by atoms with Gasteiger partial charge in [-0.1, -0.05) is 26.2 Å². The lowest BCUT2D eigenvalue weighted by molar-refractivity contribution is -0.145. The third-order valence-electron chi connectivity index (χ3n) is 5.11. The standard InChI is InChI=1S/C21H33NO3/c1-6-17(5)25-19-15(3)13-18(14-16(19)4)22-20(23)21(24-7-2)11-9-8-10-12-21/h13-14,17H,6-12H2,1-5H3,(H,22,23)/t17-/m0/s1. The largest absolute Gasteiger partial charge is 0.490 e. The molecule has 1 saturated carbocycles. The Hall–Kier alpha value is -1.55. The molecule has 1 fully saturated rings. The second-order valence-electron chi connectivity index (χ2n) is 7.22. The van der Waals surface area contributed by atoms with Gasteiger partial charge in [-0.2, -0.15) is 0 Å². The van der Waals surface area contributed by atoms with Crippen molar-refractivity contribution in [1.82, 2.24) is 0 Å². The number of hydrogen-bond acceptors (Lipinski definition) is 3. The zero-order valence-electron chi connectivity index (χ0n) is 16.4. The van der Waals surface area contributed by atoms with Crippen LogP contribution in [0.25, 0.3) is 0 Å². The number of ether oxygens (including phenoxy) is 2. The van der Waals surface area contributed by atoms with Crippen molar-refractivity contribution in [2.75, 3.05) is 11.9 Å².